The summed E-state index contributed by atoms with van der Waals surface area (Å²) in [6, 6.07) is 15.1. The molecule has 2 nitrogen and oxygen atoms in total. The summed E-state index contributed by atoms with van der Waals surface area (Å²) in [5.41, 5.74) is 2.57. The van der Waals surface area contributed by atoms with Gasteiger partial charge in [-0.15, -0.1) is 0 Å². The molecule has 0 saturated heterocycles. The number of ether oxygens (including phenoxy) is 1. The first-order chi connectivity index (χ1) is 9.19. The smallest absolute Gasteiger partial charge is 0.120 e. The summed E-state index contributed by atoms with van der Waals surface area (Å²) in [7, 11) is 0. The van der Waals surface area contributed by atoms with Crippen molar-refractivity contribution in [3.05, 3.63) is 71.3 Å². The molecular weight excluding hydrogens is 260 g/mol. The Morgan fingerprint density at radius 1 is 1.16 bits per heavy atom. The first kappa shape index (κ1) is 13.7. The lowest BCUT2D eigenvalue weighted by Crippen LogP contribution is -1.96. The highest BCUT2D eigenvalue weighted by Crippen LogP contribution is 2.20. The zero-order valence-electron chi connectivity index (χ0n) is 10.5. The zero-order chi connectivity index (χ0) is 13.7. The summed E-state index contributed by atoms with van der Waals surface area (Å²) in [5.74, 6) is 0.743. The van der Waals surface area contributed by atoms with E-state index in [2.05, 4.69) is 6.58 Å². The molecule has 1 N–H and O–H groups in total. The van der Waals surface area contributed by atoms with Gasteiger partial charge in [0.15, 0.2) is 0 Å². The SMILES string of the molecule is C=C(CO)c1cccc(OCc2cccc(Cl)c2)c1. The van der Waals surface area contributed by atoms with Crippen molar-refractivity contribution in [3.8, 4) is 5.75 Å². The molecular formula is C16H15ClO2. The number of hydrogen-bond acceptors (Lipinski definition) is 2. The first-order valence-corrected chi connectivity index (χ1v) is 6.33. The minimum Gasteiger partial charge on any atom is -0.489 e. The average molecular weight is 275 g/mol. The van der Waals surface area contributed by atoms with Gasteiger partial charge >= 0.3 is 0 Å². The third-order valence-corrected chi connectivity index (χ3v) is 2.96. The maximum Gasteiger partial charge on any atom is 0.120 e. The van der Waals surface area contributed by atoms with Crippen LogP contribution in [0.3, 0.4) is 0 Å². The predicted molar refractivity (Wildman–Crippen MR) is 78.3 cm³/mol. The summed E-state index contributed by atoms with van der Waals surface area (Å²) < 4.78 is 5.70. The molecule has 0 radical (unpaired) electrons. The summed E-state index contributed by atoms with van der Waals surface area (Å²) in [6.07, 6.45) is 0. The van der Waals surface area contributed by atoms with Gasteiger partial charge in [-0.3, -0.25) is 0 Å². The Kier molecular flexibility index (Phi) is 4.61. The van der Waals surface area contributed by atoms with Crippen LogP contribution in [0.4, 0.5) is 0 Å². The molecule has 0 amide bonds. The molecule has 0 aliphatic heterocycles. The molecule has 3 heteroatoms. The second kappa shape index (κ2) is 6.41. The van der Waals surface area contributed by atoms with Crippen LogP contribution in [0.1, 0.15) is 11.1 Å². The van der Waals surface area contributed by atoms with Crippen LogP contribution in [0.15, 0.2) is 55.1 Å². The van der Waals surface area contributed by atoms with Crippen molar-refractivity contribution in [2.45, 2.75) is 6.61 Å². The highest BCUT2D eigenvalue weighted by atomic mass is 35.5. The molecule has 0 atom stereocenters. The summed E-state index contributed by atoms with van der Waals surface area (Å²) in [6.45, 7) is 4.19. The zero-order valence-corrected chi connectivity index (χ0v) is 11.2. The second-order valence-electron chi connectivity index (χ2n) is 4.21. The highest BCUT2D eigenvalue weighted by Gasteiger charge is 2.01. The van der Waals surface area contributed by atoms with Gasteiger partial charge in [0.2, 0.25) is 0 Å². The van der Waals surface area contributed by atoms with Crippen LogP contribution in [0, 0.1) is 0 Å². The largest absolute Gasteiger partial charge is 0.489 e. The molecule has 19 heavy (non-hydrogen) atoms. The number of halogens is 1. The van der Waals surface area contributed by atoms with Crippen LogP contribution in [0.25, 0.3) is 5.57 Å². The topological polar surface area (TPSA) is 29.5 Å². The van der Waals surface area contributed by atoms with E-state index in [-0.39, 0.29) is 6.61 Å². The Morgan fingerprint density at radius 3 is 2.68 bits per heavy atom. The average Bonchev–Trinajstić information content (AvgIpc) is 2.45. The van der Waals surface area contributed by atoms with Crippen LogP contribution in [0.2, 0.25) is 5.02 Å². The van der Waals surface area contributed by atoms with Gasteiger partial charge in [0, 0.05) is 5.02 Å². The van der Waals surface area contributed by atoms with Gasteiger partial charge in [0.1, 0.15) is 12.4 Å². The molecule has 0 aliphatic carbocycles. The monoisotopic (exact) mass is 274 g/mol. The molecule has 2 aromatic carbocycles. The summed E-state index contributed by atoms with van der Waals surface area (Å²) in [4.78, 5) is 0. The van der Waals surface area contributed by atoms with Gasteiger partial charge in [-0.25, -0.2) is 0 Å². The van der Waals surface area contributed by atoms with Gasteiger partial charge in [-0.1, -0.05) is 42.4 Å². The molecule has 0 unspecified atom stereocenters. The summed E-state index contributed by atoms with van der Waals surface area (Å²) >= 11 is 5.92. The molecule has 0 bridgehead atoms. The first-order valence-electron chi connectivity index (χ1n) is 5.95. The Bertz CT molecular complexity index is 578. The van der Waals surface area contributed by atoms with Crippen molar-refractivity contribution in [1.82, 2.24) is 0 Å². The number of hydrogen-bond donors (Lipinski definition) is 1. The van der Waals surface area contributed by atoms with Crippen molar-refractivity contribution < 1.29 is 9.84 Å². The highest BCUT2D eigenvalue weighted by molar-refractivity contribution is 6.30. The van der Waals surface area contributed by atoms with Crippen molar-refractivity contribution >= 4 is 17.2 Å². The Hall–Kier alpha value is -1.77. The normalized spacial score (nSPS) is 10.2. The maximum atomic E-state index is 9.06. The molecule has 0 heterocycles. The molecule has 0 aliphatic rings. The van der Waals surface area contributed by atoms with E-state index in [1.807, 2.05) is 48.5 Å². The van der Waals surface area contributed by atoms with Crippen molar-refractivity contribution in [3.63, 3.8) is 0 Å². The predicted octanol–water partition coefficient (Wildman–Crippen LogP) is 3.92. The fourth-order valence-electron chi connectivity index (χ4n) is 1.69. The molecule has 0 spiro atoms. The maximum absolute atomic E-state index is 9.06. The minimum atomic E-state index is -0.0578. The van der Waals surface area contributed by atoms with Crippen LogP contribution >= 0.6 is 11.6 Å². The fraction of sp³-hybridized carbons (Fsp3) is 0.125. The summed E-state index contributed by atoms with van der Waals surface area (Å²) in [5, 5.41) is 9.76. The molecule has 0 fully saturated rings. The van der Waals surface area contributed by atoms with E-state index in [1.54, 1.807) is 0 Å². The number of rotatable bonds is 5. The molecule has 0 aromatic heterocycles. The minimum absolute atomic E-state index is 0.0578. The van der Waals surface area contributed by atoms with E-state index < -0.39 is 0 Å². The van der Waals surface area contributed by atoms with Crippen LogP contribution in [-0.2, 0) is 6.61 Å². The number of benzene rings is 2. The quantitative estimate of drug-likeness (QED) is 0.895. The number of aliphatic hydroxyl groups excluding tert-OH is 1. The molecule has 2 aromatic rings. The Balaban J connectivity index is 2.05. The van der Waals surface area contributed by atoms with Crippen LogP contribution < -0.4 is 4.74 Å². The standard InChI is InChI=1S/C16H15ClO2/c1-12(10-18)14-5-3-7-16(9-14)19-11-13-4-2-6-15(17)8-13/h2-9,18H,1,10-11H2. The lowest BCUT2D eigenvalue weighted by molar-refractivity contribution is 0.306. The Labute approximate surface area is 117 Å². The third kappa shape index (κ3) is 3.85. The molecule has 2 rings (SSSR count). The van der Waals surface area contributed by atoms with Gasteiger partial charge in [-0.2, -0.15) is 0 Å². The van der Waals surface area contributed by atoms with Crippen LogP contribution in [0.5, 0.6) is 5.75 Å². The van der Waals surface area contributed by atoms with Crippen molar-refractivity contribution in [1.29, 1.82) is 0 Å². The van der Waals surface area contributed by atoms with E-state index in [0.29, 0.717) is 17.2 Å². The second-order valence-corrected chi connectivity index (χ2v) is 4.64. The van der Waals surface area contributed by atoms with Gasteiger partial charge in [-0.05, 0) is 41.0 Å². The number of aliphatic hydroxyl groups is 1. The van der Waals surface area contributed by atoms with Crippen LogP contribution in [-0.4, -0.2) is 11.7 Å². The Morgan fingerprint density at radius 2 is 1.95 bits per heavy atom. The van der Waals surface area contributed by atoms with E-state index >= 15 is 0 Å². The lowest BCUT2D eigenvalue weighted by atomic mass is 10.1. The van der Waals surface area contributed by atoms with E-state index in [9.17, 15) is 0 Å². The fourth-order valence-corrected chi connectivity index (χ4v) is 1.90. The molecule has 0 saturated carbocycles. The van der Waals surface area contributed by atoms with Gasteiger partial charge in [0.25, 0.3) is 0 Å². The van der Waals surface area contributed by atoms with Gasteiger partial charge < -0.3 is 9.84 Å². The van der Waals surface area contributed by atoms with E-state index in [4.69, 9.17) is 21.4 Å². The molecule has 98 valence electrons. The lowest BCUT2D eigenvalue weighted by Gasteiger charge is -2.09. The van der Waals surface area contributed by atoms with Gasteiger partial charge in [0.05, 0.1) is 6.61 Å². The van der Waals surface area contributed by atoms with E-state index in [1.165, 1.54) is 0 Å². The van der Waals surface area contributed by atoms with Crippen molar-refractivity contribution in [2.75, 3.05) is 6.61 Å². The van der Waals surface area contributed by atoms with E-state index in [0.717, 1.165) is 16.9 Å². The van der Waals surface area contributed by atoms with Crippen molar-refractivity contribution in [2.24, 2.45) is 0 Å². The third-order valence-electron chi connectivity index (χ3n) is 2.73.